The predicted molar refractivity (Wildman–Crippen MR) is 109 cm³/mol. The number of carbonyl (C=O) groups is 2. The molecule has 0 aliphatic carbocycles. The SMILES string of the molecule is O=C(Nc1cccc(Cl)c1)c1nnc([C@H]2CCCN2C(=O)c2ccc(Br)o2)s1. The maximum Gasteiger partial charge on any atom is 0.290 e. The topological polar surface area (TPSA) is 88.3 Å². The van der Waals surface area contributed by atoms with Crippen molar-refractivity contribution < 1.29 is 14.0 Å². The van der Waals surface area contributed by atoms with Crippen LogP contribution < -0.4 is 5.32 Å². The Balaban J connectivity index is 1.50. The van der Waals surface area contributed by atoms with Crippen LogP contribution >= 0.6 is 38.9 Å². The summed E-state index contributed by atoms with van der Waals surface area (Å²) in [5.74, 6) is -0.299. The van der Waals surface area contributed by atoms with Gasteiger partial charge in [0.1, 0.15) is 5.01 Å². The van der Waals surface area contributed by atoms with Crippen LogP contribution in [-0.2, 0) is 0 Å². The van der Waals surface area contributed by atoms with Gasteiger partial charge in [-0.3, -0.25) is 9.59 Å². The zero-order chi connectivity index (χ0) is 19.7. The van der Waals surface area contributed by atoms with E-state index in [4.69, 9.17) is 16.0 Å². The van der Waals surface area contributed by atoms with Crippen LogP contribution in [0.3, 0.4) is 0 Å². The zero-order valence-corrected chi connectivity index (χ0v) is 17.6. The third-order valence-electron chi connectivity index (χ3n) is 4.30. The molecule has 1 aliphatic heterocycles. The van der Waals surface area contributed by atoms with Crippen molar-refractivity contribution in [2.24, 2.45) is 0 Å². The second kappa shape index (κ2) is 8.02. The molecule has 7 nitrogen and oxygen atoms in total. The highest BCUT2D eigenvalue weighted by Crippen LogP contribution is 2.35. The highest BCUT2D eigenvalue weighted by molar-refractivity contribution is 9.10. The normalized spacial score (nSPS) is 16.4. The minimum atomic E-state index is -0.364. The Morgan fingerprint density at radius 3 is 2.89 bits per heavy atom. The molecular weight excluding hydrogens is 468 g/mol. The highest BCUT2D eigenvalue weighted by atomic mass is 79.9. The summed E-state index contributed by atoms with van der Waals surface area (Å²) >= 11 is 10.3. The molecule has 0 spiro atoms. The molecule has 0 unspecified atom stereocenters. The van der Waals surface area contributed by atoms with E-state index in [1.165, 1.54) is 11.3 Å². The van der Waals surface area contributed by atoms with E-state index in [2.05, 4.69) is 31.4 Å². The van der Waals surface area contributed by atoms with E-state index >= 15 is 0 Å². The molecule has 1 fully saturated rings. The Hall–Kier alpha value is -2.23. The van der Waals surface area contributed by atoms with E-state index in [9.17, 15) is 9.59 Å². The van der Waals surface area contributed by atoms with Gasteiger partial charge in [0, 0.05) is 17.3 Å². The molecule has 1 saturated heterocycles. The number of anilines is 1. The molecule has 0 bridgehead atoms. The molecule has 1 aromatic carbocycles. The lowest BCUT2D eigenvalue weighted by Gasteiger charge is -2.21. The van der Waals surface area contributed by atoms with Crippen LogP contribution in [0.1, 0.15) is 44.2 Å². The summed E-state index contributed by atoms with van der Waals surface area (Å²) < 4.78 is 5.88. The van der Waals surface area contributed by atoms with Gasteiger partial charge in [0.15, 0.2) is 10.4 Å². The largest absolute Gasteiger partial charge is 0.444 e. The van der Waals surface area contributed by atoms with Crippen LogP contribution in [0, 0.1) is 0 Å². The molecule has 1 aliphatic rings. The van der Waals surface area contributed by atoms with Crippen molar-refractivity contribution in [3.63, 3.8) is 0 Å². The molecule has 10 heteroatoms. The summed E-state index contributed by atoms with van der Waals surface area (Å²) in [6, 6.07) is 9.96. The summed E-state index contributed by atoms with van der Waals surface area (Å²) in [6.45, 7) is 0.603. The molecule has 0 saturated carbocycles. The Kier molecular flexibility index (Phi) is 5.47. The molecule has 2 aromatic heterocycles. The number of aromatic nitrogens is 2. The van der Waals surface area contributed by atoms with Gasteiger partial charge in [-0.05, 0) is 59.1 Å². The number of benzene rings is 1. The van der Waals surface area contributed by atoms with E-state index in [1.807, 2.05) is 0 Å². The maximum atomic E-state index is 12.7. The van der Waals surface area contributed by atoms with Crippen molar-refractivity contribution in [1.82, 2.24) is 15.1 Å². The minimum Gasteiger partial charge on any atom is -0.444 e. The van der Waals surface area contributed by atoms with Crippen LogP contribution in [0.15, 0.2) is 45.5 Å². The molecule has 3 aromatic rings. The number of nitrogens with one attached hydrogen (secondary N) is 1. The smallest absolute Gasteiger partial charge is 0.290 e. The summed E-state index contributed by atoms with van der Waals surface area (Å²) in [6.07, 6.45) is 1.61. The monoisotopic (exact) mass is 480 g/mol. The van der Waals surface area contributed by atoms with Gasteiger partial charge in [0.2, 0.25) is 5.01 Å². The van der Waals surface area contributed by atoms with E-state index in [1.54, 1.807) is 41.3 Å². The Morgan fingerprint density at radius 2 is 2.14 bits per heavy atom. The molecule has 1 atom stereocenters. The van der Waals surface area contributed by atoms with Crippen LogP contribution in [-0.4, -0.2) is 33.5 Å². The van der Waals surface area contributed by atoms with Gasteiger partial charge < -0.3 is 14.6 Å². The number of likely N-dealkylation sites (tertiary alicyclic amines) is 1. The van der Waals surface area contributed by atoms with Crippen molar-refractivity contribution in [3.8, 4) is 0 Å². The molecular formula is C18H14BrClN4O3S. The zero-order valence-electron chi connectivity index (χ0n) is 14.4. The second-order valence-electron chi connectivity index (χ2n) is 6.17. The van der Waals surface area contributed by atoms with Crippen molar-refractivity contribution in [1.29, 1.82) is 0 Å². The van der Waals surface area contributed by atoms with Crippen LogP contribution in [0.4, 0.5) is 5.69 Å². The molecule has 1 N–H and O–H groups in total. The lowest BCUT2D eigenvalue weighted by Crippen LogP contribution is -2.30. The summed E-state index contributed by atoms with van der Waals surface area (Å²) in [5.41, 5.74) is 0.579. The van der Waals surface area contributed by atoms with Crippen molar-refractivity contribution in [2.75, 3.05) is 11.9 Å². The van der Waals surface area contributed by atoms with E-state index in [0.29, 0.717) is 26.9 Å². The molecule has 0 radical (unpaired) electrons. The maximum absolute atomic E-state index is 12.7. The van der Waals surface area contributed by atoms with Gasteiger partial charge in [-0.1, -0.05) is 29.0 Å². The number of carbonyl (C=O) groups excluding carboxylic acids is 2. The van der Waals surface area contributed by atoms with Gasteiger partial charge in [0.05, 0.1) is 6.04 Å². The van der Waals surface area contributed by atoms with E-state index in [-0.39, 0.29) is 28.6 Å². The number of amides is 2. The summed E-state index contributed by atoms with van der Waals surface area (Å²) in [4.78, 5) is 26.9. The standard InChI is InChI=1S/C18H14BrClN4O3S/c19-14-7-6-13(27-14)18(26)24-8-2-5-12(24)16-22-23-17(28-16)15(25)21-11-4-1-3-10(20)9-11/h1,3-4,6-7,9,12H,2,5,8H2,(H,21,25)/t12-/m1/s1. The fourth-order valence-electron chi connectivity index (χ4n) is 3.05. The van der Waals surface area contributed by atoms with Gasteiger partial charge in [-0.15, -0.1) is 10.2 Å². The molecule has 2 amide bonds. The van der Waals surface area contributed by atoms with Gasteiger partial charge in [-0.25, -0.2) is 0 Å². The van der Waals surface area contributed by atoms with E-state index in [0.717, 1.165) is 12.8 Å². The highest BCUT2D eigenvalue weighted by Gasteiger charge is 2.34. The molecule has 144 valence electrons. The third-order valence-corrected chi connectivity index (χ3v) is 5.98. The second-order valence-corrected chi connectivity index (χ2v) is 8.40. The van der Waals surface area contributed by atoms with Gasteiger partial charge >= 0.3 is 0 Å². The van der Waals surface area contributed by atoms with Crippen molar-refractivity contribution >= 4 is 56.4 Å². The number of halogens is 2. The van der Waals surface area contributed by atoms with E-state index < -0.39 is 0 Å². The minimum absolute atomic E-state index is 0.201. The fourth-order valence-corrected chi connectivity index (χ4v) is 4.43. The van der Waals surface area contributed by atoms with Gasteiger partial charge in [-0.2, -0.15) is 0 Å². The summed E-state index contributed by atoms with van der Waals surface area (Å²) in [7, 11) is 0. The van der Waals surface area contributed by atoms with Crippen LogP contribution in [0.25, 0.3) is 0 Å². The predicted octanol–water partition coefficient (Wildman–Crippen LogP) is 4.78. The molecule has 3 heterocycles. The van der Waals surface area contributed by atoms with Gasteiger partial charge in [0.25, 0.3) is 11.8 Å². The number of hydrogen-bond acceptors (Lipinski definition) is 6. The Morgan fingerprint density at radius 1 is 1.29 bits per heavy atom. The fraction of sp³-hybridized carbons (Fsp3) is 0.222. The molecule has 4 rings (SSSR count). The quantitative estimate of drug-likeness (QED) is 0.579. The lowest BCUT2D eigenvalue weighted by atomic mass is 10.2. The Labute approximate surface area is 177 Å². The Bertz CT molecular complexity index is 1040. The first-order chi connectivity index (χ1) is 13.5. The first-order valence-corrected chi connectivity index (χ1v) is 10.5. The summed E-state index contributed by atoms with van der Waals surface area (Å²) in [5, 5.41) is 12.3. The lowest BCUT2D eigenvalue weighted by molar-refractivity contribution is 0.0701. The first kappa shape index (κ1) is 19.1. The van der Waals surface area contributed by atoms with Crippen molar-refractivity contribution in [3.05, 3.63) is 61.9 Å². The number of furan rings is 1. The number of rotatable bonds is 4. The number of nitrogens with zero attached hydrogens (tertiary/aromatic N) is 3. The van der Waals surface area contributed by atoms with Crippen molar-refractivity contribution in [2.45, 2.75) is 18.9 Å². The number of hydrogen-bond donors (Lipinski definition) is 1. The third kappa shape index (κ3) is 3.96. The molecule has 28 heavy (non-hydrogen) atoms. The van der Waals surface area contributed by atoms with Crippen LogP contribution in [0.2, 0.25) is 5.02 Å². The average Bonchev–Trinajstić information content (AvgIpc) is 3.41. The average molecular weight is 482 g/mol. The first-order valence-electron chi connectivity index (χ1n) is 8.48. The van der Waals surface area contributed by atoms with Crippen LogP contribution in [0.5, 0.6) is 0 Å².